The van der Waals surface area contributed by atoms with Gasteiger partial charge in [-0.15, -0.1) is 0 Å². The van der Waals surface area contributed by atoms with Crippen LogP contribution in [0.4, 0.5) is 0 Å². The first-order chi connectivity index (χ1) is 6.74. The van der Waals surface area contributed by atoms with Gasteiger partial charge in [0.15, 0.2) is 0 Å². The number of rotatable bonds is 6. The monoisotopic (exact) mass is 194 g/mol. The number of hydrogen-bond donors (Lipinski definition) is 0. The van der Waals surface area contributed by atoms with Crippen LogP contribution in [0.2, 0.25) is 0 Å². The van der Waals surface area contributed by atoms with Gasteiger partial charge in [0.25, 0.3) is 0 Å². The van der Waals surface area contributed by atoms with Gasteiger partial charge in [-0.3, -0.25) is 0 Å². The van der Waals surface area contributed by atoms with Gasteiger partial charge in [-0.2, -0.15) is 0 Å². The molecule has 0 amide bonds. The van der Waals surface area contributed by atoms with Gasteiger partial charge in [0, 0.05) is 6.42 Å². The van der Waals surface area contributed by atoms with Crippen molar-refractivity contribution in [3.05, 3.63) is 23.2 Å². The van der Waals surface area contributed by atoms with E-state index < -0.39 is 0 Å². The summed E-state index contributed by atoms with van der Waals surface area (Å²) in [4.78, 5) is 0. The molecule has 0 aromatic carbocycles. The molecule has 0 aliphatic heterocycles. The fourth-order valence-corrected chi connectivity index (χ4v) is 1.83. The molecule has 14 heavy (non-hydrogen) atoms. The molecule has 1 aromatic rings. The molecule has 1 heteroatoms. The maximum Gasteiger partial charge on any atom is 0.107 e. The van der Waals surface area contributed by atoms with Crippen LogP contribution < -0.4 is 0 Å². The molecule has 0 saturated carbocycles. The summed E-state index contributed by atoms with van der Waals surface area (Å²) in [6.07, 6.45) is 7.79. The second-order valence-electron chi connectivity index (χ2n) is 4.13. The second-order valence-corrected chi connectivity index (χ2v) is 4.13. The van der Waals surface area contributed by atoms with Crippen LogP contribution in [0.5, 0.6) is 0 Å². The summed E-state index contributed by atoms with van der Waals surface area (Å²) in [6.45, 7) is 6.41. The molecule has 0 unspecified atom stereocenters. The third kappa shape index (κ3) is 3.57. The third-order valence-corrected chi connectivity index (χ3v) is 2.65. The van der Waals surface area contributed by atoms with E-state index >= 15 is 0 Å². The minimum Gasteiger partial charge on any atom is -0.466 e. The average molecular weight is 194 g/mol. The average Bonchev–Trinajstić information content (AvgIpc) is 2.45. The number of aryl methyl sites for hydroxylation is 3. The molecule has 1 nitrogen and oxygen atoms in total. The molecule has 0 bridgehead atoms. The molecule has 0 spiro atoms. The standard InChI is InChI=1S/C13H22O/c1-4-5-6-7-8-9-13-11(2)10-12(3)14-13/h10H,4-9H2,1-3H3. The molecular weight excluding hydrogens is 172 g/mol. The summed E-state index contributed by atoms with van der Waals surface area (Å²) in [5.74, 6) is 2.24. The minimum absolute atomic E-state index is 1.05. The molecular formula is C13H22O. The zero-order valence-corrected chi connectivity index (χ0v) is 9.73. The van der Waals surface area contributed by atoms with E-state index in [1.165, 1.54) is 43.4 Å². The Kier molecular flexibility index (Phi) is 4.78. The highest BCUT2D eigenvalue weighted by molar-refractivity contribution is 5.19. The highest BCUT2D eigenvalue weighted by Crippen LogP contribution is 2.16. The first-order valence-electron chi connectivity index (χ1n) is 5.80. The molecule has 0 aliphatic carbocycles. The Labute approximate surface area is 87.5 Å². The highest BCUT2D eigenvalue weighted by Gasteiger charge is 2.03. The van der Waals surface area contributed by atoms with Gasteiger partial charge in [0.1, 0.15) is 11.5 Å². The zero-order chi connectivity index (χ0) is 10.4. The van der Waals surface area contributed by atoms with Crippen LogP contribution in [0.15, 0.2) is 10.5 Å². The Hall–Kier alpha value is -0.720. The van der Waals surface area contributed by atoms with Crippen molar-refractivity contribution in [2.75, 3.05) is 0 Å². The van der Waals surface area contributed by atoms with E-state index in [0.717, 1.165) is 12.2 Å². The van der Waals surface area contributed by atoms with Gasteiger partial charge >= 0.3 is 0 Å². The van der Waals surface area contributed by atoms with E-state index in [9.17, 15) is 0 Å². The van der Waals surface area contributed by atoms with Gasteiger partial charge < -0.3 is 4.42 Å². The van der Waals surface area contributed by atoms with Crippen molar-refractivity contribution >= 4 is 0 Å². The Morgan fingerprint density at radius 2 is 1.79 bits per heavy atom. The number of unbranched alkanes of at least 4 members (excludes halogenated alkanes) is 4. The van der Waals surface area contributed by atoms with E-state index in [-0.39, 0.29) is 0 Å². The molecule has 0 atom stereocenters. The molecule has 0 saturated heterocycles. The highest BCUT2D eigenvalue weighted by atomic mass is 16.3. The van der Waals surface area contributed by atoms with Gasteiger partial charge in [0.05, 0.1) is 0 Å². The quantitative estimate of drug-likeness (QED) is 0.611. The van der Waals surface area contributed by atoms with E-state index in [1.54, 1.807) is 0 Å². The van der Waals surface area contributed by atoms with Crippen molar-refractivity contribution in [3.63, 3.8) is 0 Å². The largest absolute Gasteiger partial charge is 0.466 e. The van der Waals surface area contributed by atoms with E-state index in [0.29, 0.717) is 0 Å². The summed E-state index contributed by atoms with van der Waals surface area (Å²) in [5.41, 5.74) is 1.32. The van der Waals surface area contributed by atoms with E-state index in [1.807, 2.05) is 6.92 Å². The van der Waals surface area contributed by atoms with Gasteiger partial charge in [-0.25, -0.2) is 0 Å². The lowest BCUT2D eigenvalue weighted by molar-refractivity contribution is 0.468. The summed E-state index contributed by atoms with van der Waals surface area (Å²) >= 11 is 0. The lowest BCUT2D eigenvalue weighted by Crippen LogP contribution is -1.85. The van der Waals surface area contributed by atoms with Gasteiger partial charge in [-0.05, 0) is 31.9 Å². The van der Waals surface area contributed by atoms with Crippen LogP contribution in [-0.2, 0) is 6.42 Å². The van der Waals surface area contributed by atoms with Crippen LogP contribution in [0, 0.1) is 13.8 Å². The first kappa shape index (κ1) is 11.4. The first-order valence-corrected chi connectivity index (χ1v) is 5.80. The maximum atomic E-state index is 5.62. The van der Waals surface area contributed by atoms with Crippen molar-refractivity contribution in [1.29, 1.82) is 0 Å². The lowest BCUT2D eigenvalue weighted by Gasteiger charge is -1.99. The Morgan fingerprint density at radius 3 is 2.36 bits per heavy atom. The second kappa shape index (κ2) is 5.90. The maximum absolute atomic E-state index is 5.62. The fraction of sp³-hybridized carbons (Fsp3) is 0.692. The topological polar surface area (TPSA) is 13.1 Å². The predicted molar refractivity (Wildman–Crippen MR) is 60.6 cm³/mol. The third-order valence-electron chi connectivity index (χ3n) is 2.65. The molecule has 80 valence electrons. The van der Waals surface area contributed by atoms with E-state index in [2.05, 4.69) is 19.9 Å². The van der Waals surface area contributed by atoms with Gasteiger partial charge in [-0.1, -0.05) is 32.6 Å². The van der Waals surface area contributed by atoms with Crippen LogP contribution >= 0.6 is 0 Å². The molecule has 1 heterocycles. The molecule has 1 rings (SSSR count). The Bertz CT molecular complexity index is 260. The lowest BCUT2D eigenvalue weighted by atomic mass is 10.1. The van der Waals surface area contributed by atoms with Crippen molar-refractivity contribution in [2.45, 2.75) is 59.3 Å². The summed E-state index contributed by atoms with van der Waals surface area (Å²) < 4.78 is 5.62. The van der Waals surface area contributed by atoms with Crippen LogP contribution in [-0.4, -0.2) is 0 Å². The zero-order valence-electron chi connectivity index (χ0n) is 9.73. The van der Waals surface area contributed by atoms with Crippen LogP contribution in [0.1, 0.15) is 56.1 Å². The minimum atomic E-state index is 1.05. The fourth-order valence-electron chi connectivity index (χ4n) is 1.83. The molecule has 0 N–H and O–H groups in total. The smallest absolute Gasteiger partial charge is 0.107 e. The van der Waals surface area contributed by atoms with E-state index in [4.69, 9.17) is 4.42 Å². The van der Waals surface area contributed by atoms with Crippen molar-refractivity contribution in [3.8, 4) is 0 Å². The molecule has 1 aromatic heterocycles. The number of hydrogen-bond acceptors (Lipinski definition) is 1. The summed E-state index contributed by atoms with van der Waals surface area (Å²) in [7, 11) is 0. The van der Waals surface area contributed by atoms with Crippen LogP contribution in [0.25, 0.3) is 0 Å². The van der Waals surface area contributed by atoms with Crippen molar-refractivity contribution in [2.24, 2.45) is 0 Å². The molecule has 0 aliphatic rings. The SMILES string of the molecule is CCCCCCCc1oc(C)cc1C. The summed E-state index contributed by atoms with van der Waals surface area (Å²) in [6, 6.07) is 2.13. The number of furan rings is 1. The summed E-state index contributed by atoms with van der Waals surface area (Å²) in [5, 5.41) is 0. The van der Waals surface area contributed by atoms with Crippen LogP contribution in [0.3, 0.4) is 0 Å². The molecule has 0 fully saturated rings. The van der Waals surface area contributed by atoms with Crippen molar-refractivity contribution in [1.82, 2.24) is 0 Å². The Morgan fingerprint density at radius 1 is 1.07 bits per heavy atom. The Balaban J connectivity index is 2.21. The normalized spacial score (nSPS) is 10.8. The predicted octanol–water partition coefficient (Wildman–Crippen LogP) is 4.41. The molecule has 0 radical (unpaired) electrons. The van der Waals surface area contributed by atoms with Crippen molar-refractivity contribution < 1.29 is 4.42 Å². The van der Waals surface area contributed by atoms with Gasteiger partial charge in [0.2, 0.25) is 0 Å².